The molecule has 0 amide bonds. The molecule has 0 rings (SSSR count). The third kappa shape index (κ3) is 36.4. The molecule has 78 valence electrons. The van der Waals surface area contributed by atoms with Gasteiger partial charge in [-0.2, -0.15) is 4.89 Å². The van der Waals surface area contributed by atoms with Crippen molar-refractivity contribution in [3.8, 4) is 0 Å². The summed E-state index contributed by atoms with van der Waals surface area (Å²) in [7, 11) is 0. The van der Waals surface area contributed by atoms with Gasteiger partial charge in [-0.15, -0.1) is 0 Å². The quantitative estimate of drug-likeness (QED) is 0.399. The van der Waals surface area contributed by atoms with Crippen LogP contribution in [0.3, 0.4) is 0 Å². The zero-order chi connectivity index (χ0) is 10.9. The largest absolute Gasteiger partial charge is 0.503 e. The monoisotopic (exact) mass is 192 g/mol. The van der Waals surface area contributed by atoms with Crippen LogP contribution in [0.25, 0.3) is 0 Å². The highest BCUT2D eigenvalue weighted by Crippen LogP contribution is 2.06. The minimum atomic E-state index is -1.83. The van der Waals surface area contributed by atoms with Gasteiger partial charge in [-0.25, -0.2) is 4.79 Å². The van der Waals surface area contributed by atoms with Gasteiger partial charge in [-0.3, -0.25) is 0 Å². The van der Waals surface area contributed by atoms with Gasteiger partial charge in [0.2, 0.25) is 0 Å². The number of hydrogen-bond donors (Lipinski definition) is 2. The molecular formula is C8H16O5. The maximum atomic E-state index is 8.56. The maximum absolute atomic E-state index is 8.56. The molecule has 0 aromatic carbocycles. The topological polar surface area (TPSA) is 76.0 Å². The third-order valence-electron chi connectivity index (χ3n) is 0.490. The highest BCUT2D eigenvalue weighted by Gasteiger charge is 2.10. The Morgan fingerprint density at radius 1 is 1.31 bits per heavy atom. The Balaban J connectivity index is 0. The lowest BCUT2D eigenvalue weighted by atomic mass is 10.2. The second kappa shape index (κ2) is 7.42. The molecule has 13 heavy (non-hydrogen) atoms. The molecule has 0 atom stereocenters. The van der Waals surface area contributed by atoms with Crippen LogP contribution >= 0.6 is 0 Å². The molecule has 0 spiro atoms. The Bertz CT molecular complexity index is 152. The first-order valence-corrected chi connectivity index (χ1v) is 3.67. The Kier molecular flexibility index (Phi) is 8.16. The molecular weight excluding hydrogens is 176 g/mol. The number of hydrogen-bond acceptors (Lipinski definition) is 3. The van der Waals surface area contributed by atoms with Crippen LogP contribution in [-0.2, 0) is 9.78 Å². The minimum Gasteiger partial charge on any atom is -0.450 e. The van der Waals surface area contributed by atoms with Crippen LogP contribution in [0, 0.1) is 0 Å². The molecule has 0 unspecified atom stereocenters. The molecule has 0 aliphatic carbocycles. The van der Waals surface area contributed by atoms with Crippen molar-refractivity contribution in [2.24, 2.45) is 0 Å². The molecule has 0 fully saturated rings. The lowest BCUT2D eigenvalue weighted by molar-refractivity contribution is -0.310. The number of carboxylic acid groups (broad SMARTS) is 2. The predicted molar refractivity (Wildman–Crippen MR) is 47.4 cm³/mol. The standard InChI is InChI=1S/C7H14O2.CH2O3/c1-5-6-8-9-7(2,3)4;2-1(3)4/h5-6H,1-4H3;(H2,2,3,4). The SMILES string of the molecule is CC=COOC(C)(C)C.O=C(O)O. The highest BCUT2D eigenvalue weighted by atomic mass is 17.2. The maximum Gasteiger partial charge on any atom is 0.503 e. The van der Waals surface area contributed by atoms with Crippen LogP contribution in [0.2, 0.25) is 0 Å². The van der Waals surface area contributed by atoms with E-state index in [-0.39, 0.29) is 5.60 Å². The van der Waals surface area contributed by atoms with Crippen LogP contribution in [0.4, 0.5) is 4.79 Å². The highest BCUT2D eigenvalue weighted by molar-refractivity contribution is 5.53. The second-order valence-corrected chi connectivity index (χ2v) is 3.04. The van der Waals surface area contributed by atoms with Crippen molar-refractivity contribution < 1.29 is 24.8 Å². The molecule has 5 heteroatoms. The summed E-state index contributed by atoms with van der Waals surface area (Å²) < 4.78 is 0. The molecule has 0 aromatic heterocycles. The van der Waals surface area contributed by atoms with Gasteiger partial charge in [0.05, 0.1) is 0 Å². The summed E-state index contributed by atoms with van der Waals surface area (Å²) in [4.78, 5) is 18.1. The molecule has 0 saturated carbocycles. The normalized spacial score (nSPS) is 10.5. The van der Waals surface area contributed by atoms with Gasteiger partial charge >= 0.3 is 6.16 Å². The fourth-order valence-corrected chi connectivity index (χ4v) is 0.228. The van der Waals surface area contributed by atoms with E-state index >= 15 is 0 Å². The summed E-state index contributed by atoms with van der Waals surface area (Å²) in [6.45, 7) is 7.65. The molecule has 0 aliphatic rings. The summed E-state index contributed by atoms with van der Waals surface area (Å²) in [6.07, 6.45) is 1.44. The fourth-order valence-electron chi connectivity index (χ4n) is 0.228. The second-order valence-electron chi connectivity index (χ2n) is 3.04. The van der Waals surface area contributed by atoms with Crippen molar-refractivity contribution in [1.82, 2.24) is 0 Å². The van der Waals surface area contributed by atoms with E-state index in [1.807, 2.05) is 27.7 Å². The molecule has 0 radical (unpaired) electrons. The van der Waals surface area contributed by atoms with Gasteiger partial charge in [0.15, 0.2) is 0 Å². The van der Waals surface area contributed by atoms with Crippen LogP contribution in [0.5, 0.6) is 0 Å². The summed E-state index contributed by atoms with van der Waals surface area (Å²) in [5, 5.41) is 13.9. The number of rotatable bonds is 2. The summed E-state index contributed by atoms with van der Waals surface area (Å²) >= 11 is 0. The Morgan fingerprint density at radius 3 is 1.92 bits per heavy atom. The van der Waals surface area contributed by atoms with Crippen molar-refractivity contribution in [3.63, 3.8) is 0 Å². The van der Waals surface area contributed by atoms with Gasteiger partial charge < -0.3 is 15.1 Å². The first-order chi connectivity index (χ1) is 5.79. The van der Waals surface area contributed by atoms with Gasteiger partial charge in [0.1, 0.15) is 11.9 Å². The third-order valence-corrected chi connectivity index (χ3v) is 0.490. The zero-order valence-corrected chi connectivity index (χ0v) is 8.27. The van der Waals surface area contributed by atoms with E-state index in [4.69, 9.17) is 19.9 Å². The molecule has 0 heterocycles. The average Bonchev–Trinajstić information content (AvgIpc) is 1.83. The van der Waals surface area contributed by atoms with E-state index < -0.39 is 6.16 Å². The van der Waals surface area contributed by atoms with Gasteiger partial charge in [-0.05, 0) is 33.8 Å². The first kappa shape index (κ1) is 14.3. The van der Waals surface area contributed by atoms with E-state index in [2.05, 4.69) is 4.89 Å². The smallest absolute Gasteiger partial charge is 0.450 e. The number of allylic oxidation sites excluding steroid dienone is 1. The molecule has 0 aliphatic heterocycles. The Labute approximate surface area is 77.5 Å². The predicted octanol–water partition coefficient (Wildman–Crippen LogP) is 2.49. The van der Waals surface area contributed by atoms with Crippen LogP contribution in [0.1, 0.15) is 27.7 Å². The fraction of sp³-hybridized carbons (Fsp3) is 0.625. The molecule has 5 nitrogen and oxygen atoms in total. The molecule has 2 N–H and O–H groups in total. The van der Waals surface area contributed by atoms with Gasteiger partial charge in [-0.1, -0.05) is 0 Å². The van der Waals surface area contributed by atoms with Gasteiger partial charge in [0, 0.05) is 0 Å². The lowest BCUT2D eigenvalue weighted by Crippen LogP contribution is -2.17. The van der Waals surface area contributed by atoms with Crippen LogP contribution < -0.4 is 0 Å². The lowest BCUT2D eigenvalue weighted by Gasteiger charge is -2.15. The van der Waals surface area contributed by atoms with E-state index in [1.165, 1.54) is 6.26 Å². The average molecular weight is 192 g/mol. The summed E-state index contributed by atoms with van der Waals surface area (Å²) in [5.74, 6) is 0. The van der Waals surface area contributed by atoms with Crippen molar-refractivity contribution in [2.75, 3.05) is 0 Å². The van der Waals surface area contributed by atoms with E-state index in [9.17, 15) is 0 Å². The Hall–Kier alpha value is -1.23. The van der Waals surface area contributed by atoms with E-state index in [0.717, 1.165) is 0 Å². The Morgan fingerprint density at radius 2 is 1.69 bits per heavy atom. The number of carbonyl (C=O) groups is 1. The summed E-state index contributed by atoms with van der Waals surface area (Å²) in [5.41, 5.74) is -0.223. The van der Waals surface area contributed by atoms with Crippen molar-refractivity contribution in [1.29, 1.82) is 0 Å². The van der Waals surface area contributed by atoms with E-state index in [0.29, 0.717) is 0 Å². The van der Waals surface area contributed by atoms with Crippen molar-refractivity contribution >= 4 is 6.16 Å². The zero-order valence-electron chi connectivity index (χ0n) is 8.27. The molecule has 0 aromatic rings. The first-order valence-electron chi connectivity index (χ1n) is 3.67. The van der Waals surface area contributed by atoms with E-state index in [1.54, 1.807) is 6.08 Å². The van der Waals surface area contributed by atoms with Crippen LogP contribution in [0.15, 0.2) is 12.3 Å². The van der Waals surface area contributed by atoms with Crippen LogP contribution in [-0.4, -0.2) is 22.0 Å². The molecule has 0 bridgehead atoms. The minimum absolute atomic E-state index is 0.223. The van der Waals surface area contributed by atoms with Gasteiger partial charge in [0.25, 0.3) is 0 Å². The molecule has 0 saturated heterocycles. The van der Waals surface area contributed by atoms with Crippen molar-refractivity contribution in [3.05, 3.63) is 12.3 Å². The summed E-state index contributed by atoms with van der Waals surface area (Å²) in [6, 6.07) is 0. The van der Waals surface area contributed by atoms with Crippen molar-refractivity contribution in [2.45, 2.75) is 33.3 Å².